The molecule has 9 amide bonds. The number of aromatic nitrogens is 1. The van der Waals surface area contributed by atoms with Gasteiger partial charge >= 0.3 is 6.03 Å². The van der Waals surface area contributed by atoms with Crippen molar-refractivity contribution in [2.24, 2.45) is 11.7 Å². The van der Waals surface area contributed by atoms with E-state index in [1.165, 1.54) is 11.8 Å². The molecule has 65 heavy (non-hydrogen) atoms. The van der Waals surface area contributed by atoms with Crippen LogP contribution in [-0.2, 0) is 46.4 Å². The summed E-state index contributed by atoms with van der Waals surface area (Å²) in [5, 5.41) is 20.6. The molecule has 350 valence electrons. The lowest BCUT2D eigenvalue weighted by atomic mass is 9.84. The van der Waals surface area contributed by atoms with E-state index in [1.807, 2.05) is 54.6 Å². The lowest BCUT2D eigenvalue weighted by Crippen LogP contribution is -2.60. The number of fused-ring (bicyclic) bond motifs is 2. The highest BCUT2D eigenvalue weighted by atomic mass is 16.2. The van der Waals surface area contributed by atoms with Gasteiger partial charge in [-0.15, -0.1) is 0 Å². The third-order valence-corrected chi connectivity index (χ3v) is 12.7. The van der Waals surface area contributed by atoms with Crippen LogP contribution < -0.4 is 43.0 Å². The largest absolute Gasteiger partial charge is 0.361 e. The van der Waals surface area contributed by atoms with E-state index in [2.05, 4.69) is 42.2 Å². The van der Waals surface area contributed by atoms with Gasteiger partial charge in [0.25, 0.3) is 0 Å². The van der Waals surface area contributed by atoms with E-state index in [4.69, 9.17) is 5.73 Å². The minimum Gasteiger partial charge on any atom is -0.361 e. The number of hydrogen-bond donors (Lipinski definition) is 9. The highest BCUT2D eigenvalue weighted by molar-refractivity contribution is 5.98. The summed E-state index contributed by atoms with van der Waals surface area (Å²) in [6.45, 7) is 1.72. The van der Waals surface area contributed by atoms with Crippen molar-refractivity contribution in [2.75, 3.05) is 19.6 Å². The Labute approximate surface area is 379 Å². The predicted molar refractivity (Wildman–Crippen MR) is 242 cm³/mol. The monoisotopic (exact) mass is 896 g/mol. The number of carbonyl (C=O) groups is 8. The van der Waals surface area contributed by atoms with E-state index in [0.717, 1.165) is 54.1 Å². The van der Waals surface area contributed by atoms with Gasteiger partial charge in [-0.1, -0.05) is 80.6 Å². The normalized spacial score (nSPS) is 23.4. The molecule has 2 aromatic carbocycles. The second kappa shape index (κ2) is 23.5. The number of nitrogens with two attached hydrogens (primary N) is 1. The molecule has 6 atom stereocenters. The minimum atomic E-state index is -1.16. The van der Waals surface area contributed by atoms with Crippen molar-refractivity contribution in [2.45, 2.75) is 133 Å². The molecule has 1 aromatic heterocycles. The summed E-state index contributed by atoms with van der Waals surface area (Å²) in [7, 11) is 0. The number of H-pyrrole nitrogens is 1. The number of hydrogen-bond acceptors (Lipinski definition) is 8. The van der Waals surface area contributed by atoms with Crippen molar-refractivity contribution in [1.82, 2.24) is 47.1 Å². The molecule has 1 saturated carbocycles. The summed E-state index contributed by atoms with van der Waals surface area (Å²) in [4.78, 5) is 114. The molecule has 3 aromatic rings. The molecule has 0 bridgehead atoms. The van der Waals surface area contributed by atoms with Gasteiger partial charge in [-0.3, -0.25) is 33.6 Å². The average molecular weight is 897 g/mol. The van der Waals surface area contributed by atoms with Crippen LogP contribution in [0.15, 0.2) is 60.8 Å². The number of urea groups is 1. The third-order valence-electron chi connectivity index (χ3n) is 12.7. The summed E-state index contributed by atoms with van der Waals surface area (Å²) in [6.07, 6.45) is 8.61. The molecule has 4 unspecified atom stereocenters. The number of nitrogens with zero attached hydrogens (tertiary/aromatic N) is 1. The summed E-state index contributed by atoms with van der Waals surface area (Å²) < 4.78 is 0. The van der Waals surface area contributed by atoms with Gasteiger partial charge in [0.1, 0.15) is 36.3 Å². The molecule has 2 aliphatic heterocycles. The van der Waals surface area contributed by atoms with Crippen molar-refractivity contribution in [3.8, 4) is 0 Å². The fraction of sp³-hybridized carbons (Fsp3) is 0.532. The van der Waals surface area contributed by atoms with Crippen LogP contribution in [0.1, 0.15) is 95.1 Å². The fourth-order valence-corrected chi connectivity index (χ4v) is 9.29. The van der Waals surface area contributed by atoms with Crippen LogP contribution in [0, 0.1) is 5.92 Å². The van der Waals surface area contributed by atoms with Crippen molar-refractivity contribution in [1.29, 1.82) is 0 Å². The highest BCUT2D eigenvalue weighted by Gasteiger charge is 2.40. The molecule has 6 rings (SSSR count). The van der Waals surface area contributed by atoms with Gasteiger partial charge in [0.15, 0.2) is 0 Å². The van der Waals surface area contributed by atoms with Gasteiger partial charge in [-0.2, -0.15) is 0 Å². The van der Waals surface area contributed by atoms with E-state index in [1.54, 1.807) is 6.20 Å². The number of para-hydroxylation sites is 1. The van der Waals surface area contributed by atoms with Crippen LogP contribution in [0.5, 0.6) is 0 Å². The zero-order valence-corrected chi connectivity index (χ0v) is 37.1. The molecule has 1 aliphatic carbocycles. The maximum atomic E-state index is 14.6. The molecule has 18 nitrogen and oxygen atoms in total. The Balaban J connectivity index is 1.31. The third kappa shape index (κ3) is 13.8. The summed E-state index contributed by atoms with van der Waals surface area (Å²) >= 11 is 0. The molecule has 3 fully saturated rings. The number of aromatic amines is 1. The van der Waals surface area contributed by atoms with Crippen LogP contribution >= 0.6 is 0 Å². The van der Waals surface area contributed by atoms with Crippen LogP contribution in [0.3, 0.4) is 0 Å². The van der Waals surface area contributed by atoms with Crippen LogP contribution in [0.2, 0.25) is 0 Å². The first-order valence-corrected chi connectivity index (χ1v) is 23.0. The summed E-state index contributed by atoms with van der Waals surface area (Å²) in [6, 6.07) is 9.56. The SMILES string of the molecule is CC(=O)N[C@@H](Cc1ccccc1)C(=O)NC1CCCNC(=O)C(CCCNC(N)=O)NC(=O)C(Cc2c[nH]c3ccccc23)NC(=O)[C@@H](CC2CCCCC2)NC(=O)C2CCCN2C1=O. The number of benzene rings is 2. The lowest BCUT2D eigenvalue weighted by Gasteiger charge is -2.32. The lowest BCUT2D eigenvalue weighted by molar-refractivity contribution is -0.142. The number of amides is 9. The van der Waals surface area contributed by atoms with Crippen molar-refractivity contribution in [3.63, 3.8) is 0 Å². The Morgan fingerprint density at radius 3 is 2.25 bits per heavy atom. The number of carbonyl (C=O) groups excluding carboxylic acids is 8. The number of rotatable bonds is 13. The van der Waals surface area contributed by atoms with E-state index in [-0.39, 0.29) is 64.1 Å². The average Bonchev–Trinajstić information content (AvgIpc) is 3.95. The Morgan fingerprint density at radius 2 is 1.49 bits per heavy atom. The summed E-state index contributed by atoms with van der Waals surface area (Å²) in [5.74, 6) is -3.61. The zero-order valence-electron chi connectivity index (χ0n) is 37.1. The molecule has 0 radical (unpaired) electrons. The van der Waals surface area contributed by atoms with Gasteiger partial charge in [0, 0.05) is 56.5 Å². The van der Waals surface area contributed by atoms with Gasteiger partial charge < -0.3 is 52.8 Å². The number of primary amides is 1. The Bertz CT molecular complexity index is 2160. The van der Waals surface area contributed by atoms with Crippen molar-refractivity contribution >= 4 is 58.3 Å². The van der Waals surface area contributed by atoms with Gasteiger partial charge in [-0.25, -0.2) is 4.79 Å². The molecule has 10 N–H and O–H groups in total. The number of nitrogens with one attached hydrogen (secondary N) is 8. The minimum absolute atomic E-state index is 0.0474. The second-order valence-electron chi connectivity index (χ2n) is 17.5. The first-order valence-electron chi connectivity index (χ1n) is 23.0. The quantitative estimate of drug-likeness (QED) is 0.114. The standard InChI is InChI=1S/C47H64N10O8/c1-29(58)52-37(25-30-13-4-2-5-14-30)42(60)54-36-20-11-22-49-41(59)35(19-10-23-50-47(48)65)53-44(62)39(27-32-28-51-34-18-9-8-17-33(32)34)55-43(61)38(26-31-15-6-3-7-16-31)56-45(63)40-21-12-24-57(40)46(36)64/h2,4-5,8-9,13-14,17-18,28,31,35-40,51H,3,6-7,10-12,15-16,19-27H2,1H3,(H,49,59)(H,52,58)(H,53,62)(H,54,60)(H,55,61)(H,56,63)(H3,48,50,65)/t35?,36?,37-,38+,39?,40?/m0/s1. The van der Waals surface area contributed by atoms with E-state index in [0.29, 0.717) is 19.3 Å². The van der Waals surface area contributed by atoms with Gasteiger partial charge in [0.05, 0.1) is 0 Å². The van der Waals surface area contributed by atoms with Crippen LogP contribution in [0.4, 0.5) is 4.79 Å². The first kappa shape index (κ1) is 48.0. The predicted octanol–water partition coefficient (Wildman–Crippen LogP) is 1.72. The Morgan fingerprint density at radius 1 is 0.785 bits per heavy atom. The van der Waals surface area contributed by atoms with E-state index >= 15 is 0 Å². The van der Waals surface area contributed by atoms with E-state index < -0.39 is 83.6 Å². The first-order chi connectivity index (χ1) is 31.4. The van der Waals surface area contributed by atoms with Crippen LogP contribution in [0.25, 0.3) is 10.9 Å². The molecular weight excluding hydrogens is 833 g/mol. The molecule has 0 spiro atoms. The molecular formula is C47H64N10O8. The van der Waals surface area contributed by atoms with Gasteiger partial charge in [-0.05, 0) is 68.1 Å². The Kier molecular flexibility index (Phi) is 17.3. The van der Waals surface area contributed by atoms with Crippen molar-refractivity contribution < 1.29 is 38.4 Å². The smallest absolute Gasteiger partial charge is 0.312 e. The molecule has 18 heteroatoms. The van der Waals surface area contributed by atoms with Crippen LogP contribution in [-0.4, -0.2) is 113 Å². The molecule has 3 aliphatic rings. The topological polar surface area (TPSA) is 266 Å². The fourth-order valence-electron chi connectivity index (χ4n) is 9.29. The maximum Gasteiger partial charge on any atom is 0.312 e. The zero-order chi connectivity index (χ0) is 46.3. The second-order valence-corrected chi connectivity index (χ2v) is 17.5. The Hall–Kier alpha value is -6.46. The molecule has 2 saturated heterocycles. The highest BCUT2D eigenvalue weighted by Crippen LogP contribution is 2.28. The summed E-state index contributed by atoms with van der Waals surface area (Å²) in [5.41, 5.74) is 7.66. The molecule has 3 heterocycles. The maximum absolute atomic E-state index is 14.6. The van der Waals surface area contributed by atoms with Gasteiger partial charge in [0.2, 0.25) is 41.4 Å². The van der Waals surface area contributed by atoms with Crippen molar-refractivity contribution in [3.05, 3.63) is 71.9 Å². The van der Waals surface area contributed by atoms with E-state index in [9.17, 15) is 38.4 Å².